The molecule has 2 aliphatic rings. The summed E-state index contributed by atoms with van der Waals surface area (Å²) in [7, 11) is 0. The summed E-state index contributed by atoms with van der Waals surface area (Å²) >= 11 is 2.60. The van der Waals surface area contributed by atoms with E-state index >= 15 is 0 Å². The number of rotatable bonds is 2. The van der Waals surface area contributed by atoms with Crippen LogP contribution in [-0.2, 0) is 4.79 Å². The van der Waals surface area contributed by atoms with Crippen LogP contribution >= 0.6 is 23.1 Å². The van der Waals surface area contributed by atoms with Gasteiger partial charge in [-0.05, 0) is 23.8 Å². The van der Waals surface area contributed by atoms with E-state index in [1.807, 2.05) is 23.6 Å². The van der Waals surface area contributed by atoms with Gasteiger partial charge in [0.1, 0.15) is 10.9 Å². The number of hydrogen-bond donors (Lipinski definition) is 1. The van der Waals surface area contributed by atoms with E-state index in [4.69, 9.17) is 14.9 Å². The fraction of sp³-hybridized carbons (Fsp3) is 0.133. The zero-order valence-corrected chi connectivity index (χ0v) is 12.9. The number of ketones is 1. The lowest BCUT2D eigenvalue weighted by atomic mass is 10.0. The number of nitrogens with one attached hydrogen (secondary N) is 1. The van der Waals surface area contributed by atoms with Crippen molar-refractivity contribution < 1.29 is 14.3 Å². The molecule has 2 aliphatic heterocycles. The average molecular weight is 330 g/mol. The number of thioether (sulfide) groups is 1. The summed E-state index contributed by atoms with van der Waals surface area (Å²) in [5.41, 5.74) is 0.854. The Balaban J connectivity index is 1.66. The molecule has 7 heteroatoms. The molecule has 3 heterocycles. The molecular weight excluding hydrogens is 320 g/mol. The molecule has 110 valence electrons. The van der Waals surface area contributed by atoms with Gasteiger partial charge in [0.05, 0.1) is 9.95 Å². The highest BCUT2D eigenvalue weighted by atomic mass is 32.2. The number of thiazole rings is 1. The molecule has 1 aromatic heterocycles. The Hall–Kier alpha value is -2.12. The summed E-state index contributed by atoms with van der Waals surface area (Å²) in [6, 6.07) is 5.53. The van der Waals surface area contributed by atoms with Gasteiger partial charge in [-0.15, -0.1) is 11.3 Å². The van der Waals surface area contributed by atoms with Crippen molar-refractivity contribution in [2.45, 2.75) is 5.92 Å². The van der Waals surface area contributed by atoms with E-state index in [9.17, 15) is 4.79 Å². The number of benzene rings is 1. The number of Topliss-reactive ketones (excluding diaryl/α,β-unsaturated/α-hetero) is 1. The molecule has 1 aromatic carbocycles. The van der Waals surface area contributed by atoms with E-state index in [1.165, 1.54) is 23.1 Å². The van der Waals surface area contributed by atoms with Gasteiger partial charge < -0.3 is 9.47 Å². The molecule has 5 nitrogen and oxygen atoms in total. The van der Waals surface area contributed by atoms with E-state index in [0.29, 0.717) is 26.5 Å². The lowest BCUT2D eigenvalue weighted by molar-refractivity contribution is -0.114. The van der Waals surface area contributed by atoms with Crippen LogP contribution < -0.4 is 9.47 Å². The fourth-order valence-electron chi connectivity index (χ4n) is 2.35. The third kappa shape index (κ3) is 2.22. The largest absolute Gasteiger partial charge is 0.454 e. The summed E-state index contributed by atoms with van der Waals surface area (Å²) in [6.07, 6.45) is 3.45. The van der Waals surface area contributed by atoms with Crippen LogP contribution in [0.4, 0.5) is 0 Å². The number of fused-ring (bicyclic) bond motifs is 1. The molecule has 0 saturated carbocycles. The van der Waals surface area contributed by atoms with Crippen molar-refractivity contribution in [2.24, 2.45) is 0 Å². The molecule has 0 spiro atoms. The molecule has 22 heavy (non-hydrogen) atoms. The Morgan fingerprint density at radius 1 is 1.32 bits per heavy atom. The second-order valence-electron chi connectivity index (χ2n) is 4.76. The monoisotopic (exact) mass is 330 g/mol. The maximum Gasteiger partial charge on any atom is 0.231 e. The lowest BCUT2D eigenvalue weighted by Gasteiger charge is -2.01. The maximum absolute atomic E-state index is 12.5. The summed E-state index contributed by atoms with van der Waals surface area (Å²) in [5, 5.41) is 10.9. The number of allylic oxidation sites excluding steroid dienone is 1. The Morgan fingerprint density at radius 2 is 2.18 bits per heavy atom. The lowest BCUT2D eigenvalue weighted by Crippen LogP contribution is -2.11. The van der Waals surface area contributed by atoms with E-state index in [2.05, 4.69) is 4.98 Å². The smallest absolute Gasteiger partial charge is 0.231 e. The normalized spacial score (nSPS) is 21.8. The zero-order valence-electron chi connectivity index (χ0n) is 11.2. The minimum Gasteiger partial charge on any atom is -0.454 e. The first-order valence-corrected chi connectivity index (χ1v) is 8.23. The number of ether oxygens (including phenoxy) is 2. The van der Waals surface area contributed by atoms with Crippen LogP contribution in [0.15, 0.2) is 34.7 Å². The number of aromatic nitrogens is 1. The molecule has 4 rings (SSSR count). The Kier molecular flexibility index (Phi) is 3.24. The highest BCUT2D eigenvalue weighted by Crippen LogP contribution is 2.42. The highest BCUT2D eigenvalue weighted by molar-refractivity contribution is 8.19. The average Bonchev–Trinajstić information content (AvgIpc) is 3.20. The van der Waals surface area contributed by atoms with E-state index in [-0.39, 0.29) is 12.6 Å². The standard InChI is InChI=1S/C15H10N2O3S2/c16-14-12(15-17-3-4-21-15)13(18)11(22-14)6-8-1-2-9-10(5-8)20-7-19-9/h1-6,12,16H,7H2. The van der Waals surface area contributed by atoms with E-state index in [0.717, 1.165) is 5.56 Å². The van der Waals surface area contributed by atoms with Crippen molar-refractivity contribution in [2.75, 3.05) is 6.79 Å². The third-order valence-corrected chi connectivity index (χ3v) is 5.21. The van der Waals surface area contributed by atoms with Crippen LogP contribution in [0.2, 0.25) is 0 Å². The quantitative estimate of drug-likeness (QED) is 0.856. The summed E-state index contributed by atoms with van der Waals surface area (Å²) in [6.45, 7) is 0.222. The first-order chi connectivity index (χ1) is 10.7. The summed E-state index contributed by atoms with van der Waals surface area (Å²) in [4.78, 5) is 17.3. The topological polar surface area (TPSA) is 72.3 Å². The van der Waals surface area contributed by atoms with Crippen LogP contribution in [0.5, 0.6) is 11.5 Å². The number of carbonyl (C=O) groups is 1. The first kappa shape index (κ1) is 13.5. The molecule has 1 saturated heterocycles. The molecular formula is C15H10N2O3S2. The Morgan fingerprint density at radius 3 is 3.00 bits per heavy atom. The second kappa shape index (κ2) is 5.26. The van der Waals surface area contributed by atoms with Gasteiger partial charge in [-0.25, -0.2) is 4.98 Å². The SMILES string of the molecule is N=C1SC(=Cc2ccc3c(c2)OCO3)C(=O)C1c1nccs1. The second-order valence-corrected chi connectivity index (χ2v) is 6.77. The van der Waals surface area contributed by atoms with Crippen molar-refractivity contribution in [3.63, 3.8) is 0 Å². The Labute approximate surface area is 134 Å². The van der Waals surface area contributed by atoms with Crippen LogP contribution in [-0.4, -0.2) is 22.6 Å². The van der Waals surface area contributed by atoms with Gasteiger partial charge in [0, 0.05) is 11.6 Å². The number of carbonyl (C=O) groups excluding carboxylic acids is 1. The van der Waals surface area contributed by atoms with Gasteiger partial charge in [0.25, 0.3) is 0 Å². The van der Waals surface area contributed by atoms with Gasteiger partial charge in [0.15, 0.2) is 17.3 Å². The summed E-state index contributed by atoms with van der Waals surface area (Å²) < 4.78 is 10.6. The molecule has 0 aliphatic carbocycles. The van der Waals surface area contributed by atoms with Crippen molar-refractivity contribution in [3.8, 4) is 11.5 Å². The number of hydrogen-bond acceptors (Lipinski definition) is 7. The van der Waals surface area contributed by atoms with Crippen molar-refractivity contribution >= 4 is 40.0 Å². The molecule has 1 unspecified atom stereocenters. The van der Waals surface area contributed by atoms with E-state index < -0.39 is 5.92 Å². The number of nitrogens with zero attached hydrogens (tertiary/aromatic N) is 1. The predicted molar refractivity (Wildman–Crippen MR) is 85.7 cm³/mol. The van der Waals surface area contributed by atoms with Crippen LogP contribution in [0.25, 0.3) is 6.08 Å². The minimum absolute atomic E-state index is 0.0670. The molecule has 1 N–H and O–H groups in total. The molecule has 0 bridgehead atoms. The van der Waals surface area contributed by atoms with E-state index in [1.54, 1.807) is 12.3 Å². The van der Waals surface area contributed by atoms with Gasteiger partial charge in [0.2, 0.25) is 6.79 Å². The maximum atomic E-state index is 12.5. The molecule has 1 atom stereocenters. The fourth-order valence-corrected chi connectivity index (χ4v) is 4.15. The molecule has 2 aromatic rings. The van der Waals surface area contributed by atoms with Crippen molar-refractivity contribution in [1.29, 1.82) is 5.41 Å². The van der Waals surface area contributed by atoms with Crippen molar-refractivity contribution in [1.82, 2.24) is 4.98 Å². The van der Waals surface area contributed by atoms with Crippen LogP contribution in [0.3, 0.4) is 0 Å². The molecule has 0 amide bonds. The highest BCUT2D eigenvalue weighted by Gasteiger charge is 2.38. The minimum atomic E-state index is -0.551. The van der Waals surface area contributed by atoms with Crippen LogP contribution in [0.1, 0.15) is 16.5 Å². The van der Waals surface area contributed by atoms with Crippen LogP contribution in [0, 0.1) is 5.41 Å². The summed E-state index contributed by atoms with van der Waals surface area (Å²) in [5.74, 6) is 0.769. The van der Waals surface area contributed by atoms with Gasteiger partial charge in [-0.2, -0.15) is 0 Å². The third-order valence-electron chi connectivity index (χ3n) is 3.38. The molecule has 1 fully saturated rings. The predicted octanol–water partition coefficient (Wildman–Crippen LogP) is 3.29. The van der Waals surface area contributed by atoms with Gasteiger partial charge >= 0.3 is 0 Å². The zero-order chi connectivity index (χ0) is 15.1. The molecule has 0 radical (unpaired) electrons. The van der Waals surface area contributed by atoms with Gasteiger partial charge in [-0.3, -0.25) is 10.2 Å². The van der Waals surface area contributed by atoms with Gasteiger partial charge in [-0.1, -0.05) is 17.8 Å². The van der Waals surface area contributed by atoms with Crippen molar-refractivity contribution in [3.05, 3.63) is 45.3 Å². The first-order valence-electron chi connectivity index (χ1n) is 6.53. The Bertz CT molecular complexity index is 799.